The van der Waals surface area contributed by atoms with E-state index in [1.54, 1.807) is 25.3 Å². The predicted molar refractivity (Wildman–Crippen MR) is 88.0 cm³/mol. The number of rotatable bonds is 4. The fraction of sp³-hybridized carbons (Fsp3) is 0.278. The van der Waals surface area contributed by atoms with Crippen molar-refractivity contribution >= 4 is 11.6 Å². The highest BCUT2D eigenvalue weighted by Crippen LogP contribution is 2.22. The summed E-state index contributed by atoms with van der Waals surface area (Å²) < 4.78 is 4.97. The highest BCUT2D eigenvalue weighted by atomic mass is 16.5. The van der Waals surface area contributed by atoms with Crippen LogP contribution in [-0.4, -0.2) is 12.1 Å². The maximum Gasteiger partial charge on any atom is 0.189 e. The molecular formula is C18H21NO2. The van der Waals surface area contributed by atoms with Gasteiger partial charge in [0, 0.05) is 23.0 Å². The van der Waals surface area contributed by atoms with Crippen LogP contribution in [-0.2, 0) is 4.74 Å². The Balaban J connectivity index is 2.35. The molecule has 0 radical (unpaired) electrons. The molecule has 0 bridgehead atoms. The lowest BCUT2D eigenvalue weighted by Gasteiger charge is -2.09. The molecule has 0 amide bonds. The zero-order chi connectivity index (χ0) is 15.2. The van der Waals surface area contributed by atoms with Crippen LogP contribution in [0.25, 0.3) is 11.6 Å². The van der Waals surface area contributed by atoms with E-state index in [1.165, 1.54) is 5.57 Å². The second-order valence-corrected chi connectivity index (χ2v) is 5.10. The maximum atomic E-state index is 12.3. The van der Waals surface area contributed by atoms with Crippen LogP contribution in [0, 0.1) is 6.92 Å². The molecule has 1 aromatic heterocycles. The summed E-state index contributed by atoms with van der Waals surface area (Å²) in [4.78, 5) is 15.6. The summed E-state index contributed by atoms with van der Waals surface area (Å²) in [5.41, 5.74) is 3.59. The lowest BCUT2D eigenvalue weighted by Crippen LogP contribution is -2.10. The van der Waals surface area contributed by atoms with E-state index in [9.17, 15) is 4.79 Å². The third-order valence-electron chi connectivity index (χ3n) is 3.56. The smallest absolute Gasteiger partial charge is 0.189 e. The van der Waals surface area contributed by atoms with Gasteiger partial charge in [0.2, 0.25) is 0 Å². The van der Waals surface area contributed by atoms with Crippen molar-refractivity contribution < 1.29 is 4.74 Å². The SMILES string of the molecule is C=C(/C=C\c1c(C)[nH]c(C2=CC=CCCC2)cc1=O)OC. The van der Waals surface area contributed by atoms with Crippen molar-refractivity contribution in [3.8, 4) is 0 Å². The Morgan fingerprint density at radius 3 is 3.00 bits per heavy atom. The molecule has 0 saturated carbocycles. The molecule has 110 valence electrons. The van der Waals surface area contributed by atoms with Crippen LogP contribution in [0.15, 0.2) is 47.5 Å². The van der Waals surface area contributed by atoms with E-state index in [1.807, 2.05) is 6.92 Å². The Morgan fingerprint density at radius 2 is 2.29 bits per heavy atom. The van der Waals surface area contributed by atoms with E-state index in [4.69, 9.17) is 4.74 Å². The second kappa shape index (κ2) is 6.93. The number of H-pyrrole nitrogens is 1. The number of hydrogen-bond donors (Lipinski definition) is 1. The summed E-state index contributed by atoms with van der Waals surface area (Å²) in [7, 11) is 1.55. The van der Waals surface area contributed by atoms with Crippen LogP contribution in [0.1, 0.15) is 36.2 Å². The molecule has 3 nitrogen and oxygen atoms in total. The third kappa shape index (κ3) is 3.85. The molecule has 0 unspecified atom stereocenters. The molecule has 1 aromatic rings. The van der Waals surface area contributed by atoms with Gasteiger partial charge in [-0.2, -0.15) is 0 Å². The predicted octanol–water partition coefficient (Wildman–Crippen LogP) is 3.98. The fourth-order valence-corrected chi connectivity index (χ4v) is 2.32. The number of pyridine rings is 1. The van der Waals surface area contributed by atoms with Crippen LogP contribution >= 0.6 is 0 Å². The number of allylic oxidation sites excluding steroid dienone is 5. The van der Waals surface area contributed by atoms with Gasteiger partial charge in [0.1, 0.15) is 5.76 Å². The number of methoxy groups -OCH3 is 1. The molecule has 0 aromatic carbocycles. The topological polar surface area (TPSA) is 42.1 Å². The van der Waals surface area contributed by atoms with Gasteiger partial charge in [-0.3, -0.25) is 4.79 Å². The Labute approximate surface area is 125 Å². The van der Waals surface area contributed by atoms with Gasteiger partial charge in [-0.15, -0.1) is 0 Å². The minimum absolute atomic E-state index is 0.00975. The zero-order valence-corrected chi connectivity index (χ0v) is 12.6. The molecule has 0 spiro atoms. The lowest BCUT2D eigenvalue weighted by atomic mass is 10.0. The molecule has 0 aliphatic heterocycles. The standard InChI is InChI=1S/C18H21NO2/c1-13(21-3)10-11-16-14(2)19-17(12-18(16)20)15-8-6-4-5-7-9-15/h4,6,8,10-12H,1,5,7,9H2,2-3H3,(H,19,20)/b11-10-. The Bertz CT molecular complexity index is 675. The molecule has 0 atom stereocenters. The van der Waals surface area contributed by atoms with E-state index >= 15 is 0 Å². The number of aromatic amines is 1. The maximum absolute atomic E-state index is 12.3. The summed E-state index contributed by atoms with van der Waals surface area (Å²) in [6, 6.07) is 1.67. The van der Waals surface area contributed by atoms with Gasteiger partial charge in [0.05, 0.1) is 7.11 Å². The average molecular weight is 283 g/mol. The van der Waals surface area contributed by atoms with Crippen molar-refractivity contribution in [2.45, 2.75) is 26.2 Å². The third-order valence-corrected chi connectivity index (χ3v) is 3.56. The number of ether oxygens (including phenoxy) is 1. The van der Waals surface area contributed by atoms with E-state index in [-0.39, 0.29) is 5.43 Å². The number of aryl methyl sites for hydroxylation is 1. The quantitative estimate of drug-likeness (QED) is 0.671. The summed E-state index contributed by atoms with van der Waals surface area (Å²) in [5.74, 6) is 0.523. The molecule has 1 heterocycles. The summed E-state index contributed by atoms with van der Waals surface area (Å²) in [5, 5.41) is 0. The first-order valence-electron chi connectivity index (χ1n) is 7.13. The molecule has 0 saturated heterocycles. The van der Waals surface area contributed by atoms with Gasteiger partial charge in [-0.1, -0.05) is 24.8 Å². The Hall–Kier alpha value is -2.29. The molecule has 0 fully saturated rings. The van der Waals surface area contributed by atoms with Crippen molar-refractivity contribution in [2.75, 3.05) is 7.11 Å². The second-order valence-electron chi connectivity index (χ2n) is 5.10. The molecule has 3 heteroatoms. The molecule has 1 aliphatic carbocycles. The lowest BCUT2D eigenvalue weighted by molar-refractivity contribution is 0.309. The van der Waals surface area contributed by atoms with Crippen molar-refractivity contribution in [3.05, 3.63) is 69.9 Å². The van der Waals surface area contributed by atoms with Gasteiger partial charge in [-0.25, -0.2) is 0 Å². The van der Waals surface area contributed by atoms with Crippen molar-refractivity contribution in [1.29, 1.82) is 0 Å². The number of aromatic nitrogens is 1. The zero-order valence-electron chi connectivity index (χ0n) is 12.6. The van der Waals surface area contributed by atoms with Crippen LogP contribution in [0.5, 0.6) is 0 Å². The monoisotopic (exact) mass is 283 g/mol. The minimum Gasteiger partial charge on any atom is -0.497 e. The first-order chi connectivity index (χ1) is 10.1. The highest BCUT2D eigenvalue weighted by Gasteiger charge is 2.08. The summed E-state index contributed by atoms with van der Waals surface area (Å²) >= 11 is 0. The van der Waals surface area contributed by atoms with Crippen LogP contribution in [0.2, 0.25) is 0 Å². The van der Waals surface area contributed by atoms with Gasteiger partial charge >= 0.3 is 0 Å². The largest absolute Gasteiger partial charge is 0.497 e. The van der Waals surface area contributed by atoms with Crippen LogP contribution in [0.4, 0.5) is 0 Å². The van der Waals surface area contributed by atoms with Gasteiger partial charge in [-0.05, 0) is 43.9 Å². The van der Waals surface area contributed by atoms with Crippen molar-refractivity contribution in [2.24, 2.45) is 0 Å². The first kappa shape index (κ1) is 15.1. The normalized spacial score (nSPS) is 14.9. The number of nitrogens with one attached hydrogen (secondary N) is 1. The Morgan fingerprint density at radius 1 is 1.48 bits per heavy atom. The minimum atomic E-state index is 0.00975. The first-order valence-corrected chi connectivity index (χ1v) is 7.13. The summed E-state index contributed by atoms with van der Waals surface area (Å²) in [6.45, 7) is 5.62. The summed E-state index contributed by atoms with van der Waals surface area (Å²) in [6.07, 6.45) is 12.9. The van der Waals surface area contributed by atoms with Gasteiger partial charge in [0.15, 0.2) is 5.43 Å². The van der Waals surface area contributed by atoms with E-state index in [2.05, 4.69) is 29.8 Å². The molecular weight excluding hydrogens is 262 g/mol. The highest BCUT2D eigenvalue weighted by molar-refractivity contribution is 5.66. The number of hydrogen-bond acceptors (Lipinski definition) is 2. The van der Waals surface area contributed by atoms with Gasteiger partial charge < -0.3 is 9.72 Å². The van der Waals surface area contributed by atoms with Crippen LogP contribution in [0.3, 0.4) is 0 Å². The average Bonchev–Trinajstić information content (AvgIpc) is 2.75. The van der Waals surface area contributed by atoms with E-state index < -0.39 is 0 Å². The van der Waals surface area contributed by atoms with Crippen molar-refractivity contribution in [3.63, 3.8) is 0 Å². The molecule has 21 heavy (non-hydrogen) atoms. The molecule has 1 N–H and O–H groups in total. The van der Waals surface area contributed by atoms with Crippen molar-refractivity contribution in [1.82, 2.24) is 4.98 Å². The molecule has 1 aliphatic rings. The van der Waals surface area contributed by atoms with E-state index in [0.29, 0.717) is 11.3 Å². The fourth-order valence-electron chi connectivity index (χ4n) is 2.32. The van der Waals surface area contributed by atoms with Gasteiger partial charge in [0.25, 0.3) is 0 Å². The Kier molecular flexibility index (Phi) is 4.99. The van der Waals surface area contributed by atoms with E-state index in [0.717, 1.165) is 30.7 Å². The molecule has 2 rings (SSSR count). The van der Waals surface area contributed by atoms with Crippen LogP contribution < -0.4 is 5.43 Å².